The number of aryl methyl sites for hydroxylation is 10. The van der Waals surface area contributed by atoms with Crippen LogP contribution in [0.15, 0.2) is 364 Å². The first-order valence-electron chi connectivity index (χ1n) is 41.2. The van der Waals surface area contributed by atoms with Crippen molar-refractivity contribution in [3.63, 3.8) is 0 Å². The Morgan fingerprint density at radius 1 is 0.158 bits per heavy atom. The molecule has 114 heavy (non-hydrogen) atoms. The summed E-state index contributed by atoms with van der Waals surface area (Å²) in [5.74, 6) is 0. The average Bonchev–Trinajstić information content (AvgIpc) is 0.742. The van der Waals surface area contributed by atoms with Crippen molar-refractivity contribution in [3.8, 4) is 0 Å². The predicted octanol–water partition coefficient (Wildman–Crippen LogP) is 31.5. The van der Waals surface area contributed by atoms with Crippen LogP contribution in [0.5, 0.6) is 0 Å². The third-order valence-electron chi connectivity index (χ3n) is 22.5. The molecule has 0 radical (unpaired) electrons. The van der Waals surface area contributed by atoms with Gasteiger partial charge in [-0.1, -0.05) is 268 Å². The highest BCUT2D eigenvalue weighted by Gasteiger charge is 2.21. The number of hydrogen-bond donors (Lipinski definition) is 0. The maximum atomic E-state index is 2.42. The van der Waals surface area contributed by atoms with Crippen molar-refractivity contribution in [1.29, 1.82) is 0 Å². The van der Waals surface area contributed by atoms with E-state index in [0.29, 0.717) is 0 Å². The van der Waals surface area contributed by atoms with Gasteiger partial charge in [0.05, 0.1) is 5.69 Å². The highest BCUT2D eigenvalue weighted by molar-refractivity contribution is 6.14. The van der Waals surface area contributed by atoms with Crippen molar-refractivity contribution in [2.75, 3.05) is 19.6 Å². The van der Waals surface area contributed by atoms with Crippen molar-refractivity contribution >= 4 is 122 Å². The molecule has 0 amide bonds. The molecular weight excluding hydrogens is 1380 g/mol. The van der Waals surface area contributed by atoms with Crippen LogP contribution in [-0.2, 0) is 51.4 Å². The van der Waals surface area contributed by atoms with Gasteiger partial charge in [-0.05, 0) is 316 Å². The largest absolute Gasteiger partial charge is 0.310 e. The molecule has 17 aromatic carbocycles. The van der Waals surface area contributed by atoms with E-state index in [1.807, 2.05) is 0 Å². The predicted molar refractivity (Wildman–Crippen MR) is 497 cm³/mol. The summed E-state index contributed by atoms with van der Waals surface area (Å²) in [5.41, 5.74) is 27.8. The van der Waals surface area contributed by atoms with Gasteiger partial charge in [-0.25, -0.2) is 0 Å². The lowest BCUT2D eigenvalue weighted by Crippen LogP contribution is -2.11. The molecule has 0 unspecified atom stereocenters. The molecule has 0 aliphatic heterocycles. The van der Waals surface area contributed by atoms with Crippen LogP contribution in [0.2, 0.25) is 0 Å². The number of hydrogen-bond acceptors (Lipinski definition) is 4. The lowest BCUT2D eigenvalue weighted by molar-refractivity contribution is 1.13. The van der Waals surface area contributed by atoms with E-state index in [-0.39, 0.29) is 0 Å². The molecule has 0 N–H and O–H groups in total. The summed E-state index contributed by atoms with van der Waals surface area (Å²) in [6.07, 6.45) is 8.43. The van der Waals surface area contributed by atoms with Crippen LogP contribution in [0.4, 0.5) is 68.2 Å². The van der Waals surface area contributed by atoms with Crippen LogP contribution in [-0.4, -0.2) is 0 Å². The summed E-state index contributed by atoms with van der Waals surface area (Å²) in [6, 6.07) is 133. The molecule has 17 aromatic rings. The summed E-state index contributed by atoms with van der Waals surface area (Å²) in [5, 5.41) is 12.7. The zero-order chi connectivity index (χ0) is 78.9. The summed E-state index contributed by atoms with van der Waals surface area (Å²) >= 11 is 0. The smallest absolute Gasteiger partial charge is 0.0618 e. The van der Waals surface area contributed by atoms with Crippen LogP contribution >= 0.6 is 0 Å². The van der Waals surface area contributed by atoms with E-state index in [0.717, 1.165) is 51.4 Å². The Hall–Kier alpha value is -12.8. The van der Waals surface area contributed by atoms with E-state index in [4.69, 9.17) is 0 Å². The van der Waals surface area contributed by atoms with E-state index in [1.165, 1.54) is 178 Å². The minimum Gasteiger partial charge on any atom is -0.310 e. The van der Waals surface area contributed by atoms with Gasteiger partial charge in [-0.3, -0.25) is 0 Å². The molecule has 4 nitrogen and oxygen atoms in total. The SMILES string of the molecule is CCc1ccc(N(c2ccc(CC)cc2)c2c3ccccc3cc3ccccc23)cc1.CCc1ccc(N(c2ccc(CC)cc2)c2ccc(C)c(C)c2)cc1.CCc1ccc(N(c2ccc(CC)cc2)c2ccc3cc4ccccc4cc3c2)cc1.CCc1ccc(N(c2ccc(CC)cc2)c2ccc3ccccc3c2)cc1. The maximum Gasteiger partial charge on any atom is 0.0618 e. The first-order chi connectivity index (χ1) is 55.9. The Labute approximate surface area is 677 Å². The van der Waals surface area contributed by atoms with Crippen LogP contribution in [0.25, 0.3) is 53.9 Å². The molecule has 0 atom stereocenters. The molecule has 4 heteroatoms. The lowest BCUT2D eigenvalue weighted by atomic mass is 9.98. The van der Waals surface area contributed by atoms with Gasteiger partial charge >= 0.3 is 0 Å². The summed E-state index contributed by atoms with van der Waals surface area (Å²) < 4.78 is 0. The Balaban J connectivity index is 0.000000126. The zero-order valence-corrected chi connectivity index (χ0v) is 68.1. The topological polar surface area (TPSA) is 13.0 Å². The fourth-order valence-corrected chi connectivity index (χ4v) is 15.3. The normalized spacial score (nSPS) is 11.0. The second-order valence-electron chi connectivity index (χ2n) is 29.7. The van der Waals surface area contributed by atoms with Gasteiger partial charge in [0.1, 0.15) is 0 Å². The van der Waals surface area contributed by atoms with E-state index >= 15 is 0 Å². The van der Waals surface area contributed by atoms with E-state index < -0.39 is 0 Å². The van der Waals surface area contributed by atoms with Crippen LogP contribution in [0.3, 0.4) is 0 Å². The highest BCUT2D eigenvalue weighted by atomic mass is 15.2. The van der Waals surface area contributed by atoms with Gasteiger partial charge in [-0.15, -0.1) is 0 Å². The Morgan fingerprint density at radius 3 is 0.675 bits per heavy atom. The number of anilines is 12. The van der Waals surface area contributed by atoms with E-state index in [9.17, 15) is 0 Å². The maximum absolute atomic E-state index is 2.42. The second-order valence-corrected chi connectivity index (χ2v) is 29.7. The van der Waals surface area contributed by atoms with Gasteiger partial charge in [-0.2, -0.15) is 0 Å². The molecule has 0 heterocycles. The molecule has 0 saturated carbocycles. The summed E-state index contributed by atoms with van der Waals surface area (Å²) in [4.78, 5) is 9.45. The third kappa shape index (κ3) is 18.1. The van der Waals surface area contributed by atoms with Crippen LogP contribution in [0, 0.1) is 13.8 Å². The Kier molecular flexibility index (Phi) is 25.3. The van der Waals surface area contributed by atoms with Crippen molar-refractivity contribution < 1.29 is 0 Å². The van der Waals surface area contributed by atoms with Crippen LogP contribution < -0.4 is 19.6 Å². The molecule has 566 valence electrons. The Bertz CT molecular complexity index is 5760. The number of benzene rings is 17. The monoisotopic (exact) mass is 1480 g/mol. The van der Waals surface area contributed by atoms with Gasteiger partial charge in [0.15, 0.2) is 0 Å². The number of fused-ring (bicyclic) bond motifs is 5. The van der Waals surface area contributed by atoms with Crippen molar-refractivity contribution in [2.24, 2.45) is 0 Å². The standard InChI is InChI=1S/2C30H27N.C26H25N.C24H27N/c1-3-22-13-17-26(18-14-22)31(27-19-15-23(4-2)16-20-27)30-28-11-7-5-9-24(28)21-25-10-6-8-12-29(25)30;1-3-22-9-14-28(15-10-22)31(29-16-11-23(4-2)12-17-29)30-18-13-26-19-24-7-5-6-8-25(24)20-27(26)21-30;1-3-20-9-14-24(15-10-20)27(25-16-11-21(4-2)12-17-25)26-18-13-22-7-5-6-8-23(22)19-26;1-5-20-8-13-22(14-9-20)25(23-15-10-21(6-2)11-16-23)24-12-7-18(3)19(4)17-24/h2*5-21H,3-4H2,1-2H3;5-19H,3-4H2,1-2H3;7-17H,5-6H2,1-4H3. The van der Waals surface area contributed by atoms with E-state index in [1.54, 1.807) is 0 Å². The van der Waals surface area contributed by atoms with Gasteiger partial charge < -0.3 is 19.6 Å². The van der Waals surface area contributed by atoms with Gasteiger partial charge in [0.2, 0.25) is 0 Å². The zero-order valence-electron chi connectivity index (χ0n) is 68.1. The first kappa shape index (κ1) is 77.9. The molecule has 0 fully saturated rings. The fraction of sp³-hybridized carbons (Fsp3) is 0.164. The third-order valence-corrected chi connectivity index (χ3v) is 22.5. The van der Waals surface area contributed by atoms with Crippen molar-refractivity contribution in [1.82, 2.24) is 0 Å². The lowest BCUT2D eigenvalue weighted by Gasteiger charge is -2.28. The van der Waals surface area contributed by atoms with Gasteiger partial charge in [0, 0.05) is 73.3 Å². The number of rotatable bonds is 20. The summed E-state index contributed by atoms with van der Waals surface area (Å²) in [7, 11) is 0. The van der Waals surface area contributed by atoms with Crippen molar-refractivity contribution in [2.45, 2.75) is 121 Å². The minimum absolute atomic E-state index is 1.04. The minimum atomic E-state index is 1.04. The fourth-order valence-electron chi connectivity index (χ4n) is 15.3. The highest BCUT2D eigenvalue weighted by Crippen LogP contribution is 2.45. The summed E-state index contributed by atoms with van der Waals surface area (Å²) in [6.45, 7) is 21.9. The molecule has 0 spiro atoms. The average molecular weight is 1480 g/mol. The van der Waals surface area contributed by atoms with E-state index in [2.05, 4.69) is 453 Å². The Morgan fingerprint density at radius 2 is 0.368 bits per heavy atom. The molecule has 0 saturated heterocycles. The van der Waals surface area contributed by atoms with Crippen molar-refractivity contribution in [3.05, 3.63) is 420 Å². The molecule has 0 aliphatic rings. The second kappa shape index (κ2) is 37.0. The number of nitrogens with zero attached hydrogens (tertiary/aromatic N) is 4. The van der Waals surface area contributed by atoms with Crippen LogP contribution in [0.1, 0.15) is 111 Å². The molecule has 17 rings (SSSR count). The molecule has 0 bridgehead atoms. The molecule has 0 aliphatic carbocycles. The quantitative estimate of drug-likeness (QED) is 0.0705. The van der Waals surface area contributed by atoms with Gasteiger partial charge in [0.25, 0.3) is 0 Å². The molecular formula is C110H106N4. The molecule has 0 aromatic heterocycles. The first-order valence-corrected chi connectivity index (χ1v) is 41.2.